The fourth-order valence-electron chi connectivity index (χ4n) is 1.95. The molecule has 17 heavy (non-hydrogen) atoms. The topological polar surface area (TPSA) is 64.9 Å². The predicted molar refractivity (Wildman–Crippen MR) is 64.5 cm³/mol. The summed E-state index contributed by atoms with van der Waals surface area (Å²) in [6, 6.07) is 7.39. The molecule has 1 aromatic carbocycles. The molecule has 0 atom stereocenters. The number of aromatic nitrogens is 2. The van der Waals surface area contributed by atoms with E-state index in [-0.39, 0.29) is 0 Å². The summed E-state index contributed by atoms with van der Waals surface area (Å²) in [6.45, 7) is 0. The molecule has 0 spiro atoms. The average Bonchev–Trinajstić information content (AvgIpc) is 2.76. The van der Waals surface area contributed by atoms with Gasteiger partial charge < -0.3 is 10.3 Å². The van der Waals surface area contributed by atoms with Crippen molar-refractivity contribution in [3.05, 3.63) is 35.1 Å². The molecule has 1 aromatic heterocycles. The van der Waals surface area contributed by atoms with Gasteiger partial charge in [0.25, 0.3) is 5.89 Å². The van der Waals surface area contributed by atoms with Crippen LogP contribution in [0.3, 0.4) is 0 Å². The standard InChI is InChI=1S/C12H12ClN3O/c13-9-5-2-1-4-8(9)10-15-11(16-17-10)12(14)6-3-7-12/h1-2,4-5H,3,6-7,14H2. The Kier molecular flexibility index (Phi) is 2.42. The first-order valence-corrected chi connectivity index (χ1v) is 5.95. The third kappa shape index (κ3) is 1.73. The second kappa shape index (κ2) is 3.82. The lowest BCUT2D eigenvalue weighted by Crippen LogP contribution is -2.44. The SMILES string of the molecule is NC1(c2noc(-c3ccccc3Cl)n2)CCC1. The highest BCUT2D eigenvalue weighted by Crippen LogP contribution is 2.38. The molecule has 0 saturated heterocycles. The molecule has 3 rings (SSSR count). The maximum Gasteiger partial charge on any atom is 0.259 e. The number of hydrogen-bond acceptors (Lipinski definition) is 4. The zero-order valence-electron chi connectivity index (χ0n) is 9.19. The van der Waals surface area contributed by atoms with Gasteiger partial charge in [0.15, 0.2) is 5.82 Å². The van der Waals surface area contributed by atoms with Crippen molar-refractivity contribution in [1.29, 1.82) is 0 Å². The highest BCUT2D eigenvalue weighted by molar-refractivity contribution is 6.33. The molecular weight excluding hydrogens is 238 g/mol. The molecule has 2 aromatic rings. The zero-order chi connectivity index (χ0) is 11.9. The van der Waals surface area contributed by atoms with Crippen molar-refractivity contribution in [2.24, 2.45) is 5.73 Å². The van der Waals surface area contributed by atoms with Gasteiger partial charge in [-0.3, -0.25) is 0 Å². The van der Waals surface area contributed by atoms with Crippen LogP contribution in [0.1, 0.15) is 25.1 Å². The van der Waals surface area contributed by atoms with Crippen LogP contribution in [-0.4, -0.2) is 10.1 Å². The van der Waals surface area contributed by atoms with Gasteiger partial charge in [-0.05, 0) is 31.4 Å². The van der Waals surface area contributed by atoms with Crippen molar-refractivity contribution >= 4 is 11.6 Å². The van der Waals surface area contributed by atoms with Crippen LogP contribution in [0.25, 0.3) is 11.5 Å². The van der Waals surface area contributed by atoms with Crippen LogP contribution in [0, 0.1) is 0 Å². The number of nitrogens with zero attached hydrogens (tertiary/aromatic N) is 2. The molecule has 1 aliphatic rings. The summed E-state index contributed by atoms with van der Waals surface area (Å²) in [5.41, 5.74) is 6.48. The number of rotatable bonds is 2. The van der Waals surface area contributed by atoms with Crippen molar-refractivity contribution in [3.63, 3.8) is 0 Å². The first-order chi connectivity index (χ1) is 8.19. The summed E-state index contributed by atoms with van der Waals surface area (Å²) in [4.78, 5) is 4.35. The second-order valence-electron chi connectivity index (χ2n) is 4.41. The number of halogens is 1. The molecule has 5 heteroatoms. The molecule has 1 fully saturated rings. The fourth-order valence-corrected chi connectivity index (χ4v) is 2.17. The van der Waals surface area contributed by atoms with E-state index in [9.17, 15) is 0 Å². The van der Waals surface area contributed by atoms with E-state index in [1.54, 1.807) is 6.07 Å². The first-order valence-electron chi connectivity index (χ1n) is 5.57. The molecule has 0 amide bonds. The van der Waals surface area contributed by atoms with Crippen molar-refractivity contribution in [2.45, 2.75) is 24.8 Å². The van der Waals surface area contributed by atoms with E-state index in [1.165, 1.54) is 0 Å². The van der Waals surface area contributed by atoms with Crippen molar-refractivity contribution in [1.82, 2.24) is 10.1 Å². The molecule has 1 saturated carbocycles. The maximum absolute atomic E-state index is 6.14. The molecule has 1 heterocycles. The van der Waals surface area contributed by atoms with Gasteiger partial charge in [-0.25, -0.2) is 0 Å². The Labute approximate surface area is 104 Å². The van der Waals surface area contributed by atoms with E-state index in [1.807, 2.05) is 18.2 Å². The van der Waals surface area contributed by atoms with Crippen LogP contribution in [-0.2, 0) is 5.54 Å². The van der Waals surface area contributed by atoms with Gasteiger partial charge in [0.1, 0.15) is 0 Å². The van der Waals surface area contributed by atoms with E-state index in [0.29, 0.717) is 16.7 Å². The molecule has 0 radical (unpaired) electrons. The van der Waals surface area contributed by atoms with Gasteiger partial charge >= 0.3 is 0 Å². The molecule has 0 unspecified atom stereocenters. The molecule has 0 bridgehead atoms. The Morgan fingerprint density at radius 2 is 2.06 bits per heavy atom. The van der Waals surface area contributed by atoms with Gasteiger partial charge in [-0.15, -0.1) is 0 Å². The monoisotopic (exact) mass is 249 g/mol. The number of nitrogens with two attached hydrogens (primary N) is 1. The largest absolute Gasteiger partial charge is 0.334 e. The lowest BCUT2D eigenvalue weighted by atomic mass is 9.77. The van der Waals surface area contributed by atoms with Crippen LogP contribution in [0.15, 0.2) is 28.8 Å². The Morgan fingerprint density at radius 3 is 2.71 bits per heavy atom. The Morgan fingerprint density at radius 1 is 1.29 bits per heavy atom. The van der Waals surface area contributed by atoms with Crippen LogP contribution < -0.4 is 5.73 Å². The number of hydrogen-bond donors (Lipinski definition) is 1. The number of benzene rings is 1. The van der Waals surface area contributed by atoms with Crippen LogP contribution in [0.5, 0.6) is 0 Å². The summed E-state index contributed by atoms with van der Waals surface area (Å²) >= 11 is 6.07. The molecule has 1 aliphatic carbocycles. The quantitative estimate of drug-likeness (QED) is 0.889. The van der Waals surface area contributed by atoms with E-state index >= 15 is 0 Å². The van der Waals surface area contributed by atoms with Gasteiger partial charge in [0, 0.05) is 0 Å². The predicted octanol–water partition coefficient (Wildman–Crippen LogP) is 2.73. The Bertz CT molecular complexity index is 548. The van der Waals surface area contributed by atoms with E-state index in [4.69, 9.17) is 21.9 Å². The molecule has 88 valence electrons. The normalized spacial score (nSPS) is 17.8. The Hall–Kier alpha value is -1.39. The smallest absolute Gasteiger partial charge is 0.259 e. The first kappa shape index (κ1) is 10.7. The summed E-state index contributed by atoms with van der Waals surface area (Å²) < 4.78 is 5.23. The van der Waals surface area contributed by atoms with Crippen molar-refractivity contribution in [3.8, 4) is 11.5 Å². The molecule has 0 aliphatic heterocycles. The van der Waals surface area contributed by atoms with Crippen LogP contribution in [0.4, 0.5) is 0 Å². The van der Waals surface area contributed by atoms with Crippen LogP contribution in [0.2, 0.25) is 5.02 Å². The highest BCUT2D eigenvalue weighted by atomic mass is 35.5. The lowest BCUT2D eigenvalue weighted by Gasteiger charge is -2.34. The third-order valence-electron chi connectivity index (χ3n) is 3.22. The summed E-state index contributed by atoms with van der Waals surface area (Å²) in [6.07, 6.45) is 2.94. The van der Waals surface area contributed by atoms with Gasteiger partial charge in [0.05, 0.1) is 16.1 Å². The van der Waals surface area contributed by atoms with Gasteiger partial charge in [-0.1, -0.05) is 28.9 Å². The molecule has 2 N–H and O–H groups in total. The van der Waals surface area contributed by atoms with Crippen molar-refractivity contribution < 1.29 is 4.52 Å². The highest BCUT2D eigenvalue weighted by Gasteiger charge is 2.39. The molecule has 4 nitrogen and oxygen atoms in total. The minimum Gasteiger partial charge on any atom is -0.334 e. The van der Waals surface area contributed by atoms with E-state index < -0.39 is 5.54 Å². The minimum atomic E-state index is -0.400. The summed E-state index contributed by atoms with van der Waals surface area (Å²) in [5.74, 6) is 1.01. The second-order valence-corrected chi connectivity index (χ2v) is 4.82. The van der Waals surface area contributed by atoms with E-state index in [2.05, 4.69) is 10.1 Å². The average molecular weight is 250 g/mol. The maximum atomic E-state index is 6.14. The minimum absolute atomic E-state index is 0.400. The van der Waals surface area contributed by atoms with Gasteiger partial charge in [0.2, 0.25) is 0 Å². The fraction of sp³-hybridized carbons (Fsp3) is 0.333. The lowest BCUT2D eigenvalue weighted by molar-refractivity contribution is 0.229. The van der Waals surface area contributed by atoms with Crippen molar-refractivity contribution in [2.75, 3.05) is 0 Å². The summed E-state index contributed by atoms with van der Waals surface area (Å²) in [7, 11) is 0. The van der Waals surface area contributed by atoms with Gasteiger partial charge in [-0.2, -0.15) is 4.98 Å². The Balaban J connectivity index is 1.98. The van der Waals surface area contributed by atoms with Crippen LogP contribution >= 0.6 is 11.6 Å². The third-order valence-corrected chi connectivity index (χ3v) is 3.55. The van der Waals surface area contributed by atoms with E-state index in [0.717, 1.165) is 24.8 Å². The summed E-state index contributed by atoms with van der Waals surface area (Å²) in [5, 5.41) is 4.56. The molecular formula is C12H12ClN3O. The zero-order valence-corrected chi connectivity index (χ0v) is 9.94.